The largest absolute Gasteiger partial charge is 0.329 e. The summed E-state index contributed by atoms with van der Waals surface area (Å²) in [6.45, 7) is 0. The van der Waals surface area contributed by atoms with Gasteiger partial charge in [-0.1, -0.05) is 42.5 Å². The van der Waals surface area contributed by atoms with Crippen molar-refractivity contribution in [1.82, 2.24) is 14.9 Å². The maximum atomic E-state index is 12.7. The van der Waals surface area contributed by atoms with Crippen LogP contribution in [0.3, 0.4) is 0 Å². The Balaban J connectivity index is 1.88. The Bertz CT molecular complexity index is 793. The van der Waals surface area contributed by atoms with E-state index in [9.17, 15) is 4.79 Å². The zero-order valence-corrected chi connectivity index (χ0v) is 14.0. The molecule has 0 bridgehead atoms. The van der Waals surface area contributed by atoms with Gasteiger partial charge in [0.1, 0.15) is 0 Å². The van der Waals surface area contributed by atoms with Crippen molar-refractivity contribution >= 4 is 12.0 Å². The number of hydrogen-bond acceptors (Lipinski definition) is 3. The van der Waals surface area contributed by atoms with Crippen LogP contribution in [-0.4, -0.2) is 27.8 Å². The van der Waals surface area contributed by atoms with Crippen molar-refractivity contribution in [2.75, 3.05) is 7.05 Å². The van der Waals surface area contributed by atoms with Gasteiger partial charge >= 0.3 is 0 Å². The van der Waals surface area contributed by atoms with Crippen molar-refractivity contribution in [3.05, 3.63) is 102 Å². The number of amides is 1. The fraction of sp³-hybridized carbons (Fsp3) is 0.0952. The van der Waals surface area contributed by atoms with E-state index in [0.29, 0.717) is 0 Å². The first kappa shape index (κ1) is 16.6. The monoisotopic (exact) mass is 329 g/mol. The Morgan fingerprint density at radius 1 is 1.00 bits per heavy atom. The fourth-order valence-corrected chi connectivity index (χ4v) is 2.65. The Hall–Kier alpha value is -3.27. The fourth-order valence-electron chi connectivity index (χ4n) is 2.65. The second kappa shape index (κ2) is 8.02. The second-order valence-corrected chi connectivity index (χ2v) is 5.64. The van der Waals surface area contributed by atoms with Gasteiger partial charge in [0.25, 0.3) is 0 Å². The summed E-state index contributed by atoms with van der Waals surface area (Å²) in [4.78, 5) is 22.9. The quantitative estimate of drug-likeness (QED) is 0.670. The molecule has 1 amide bonds. The summed E-state index contributed by atoms with van der Waals surface area (Å²) in [5.74, 6) is -0.0941. The van der Waals surface area contributed by atoms with Crippen molar-refractivity contribution in [1.29, 1.82) is 0 Å². The highest BCUT2D eigenvalue weighted by molar-refractivity contribution is 5.92. The number of nitrogens with zero attached hydrogens (tertiary/aromatic N) is 3. The molecule has 2 aromatic heterocycles. The molecule has 0 N–H and O–H groups in total. The number of likely N-dealkylation sites (N-methyl/N-ethyl adjacent to an activating group) is 1. The molecule has 1 aromatic carbocycles. The third-order valence-electron chi connectivity index (χ3n) is 3.92. The van der Waals surface area contributed by atoms with E-state index >= 15 is 0 Å². The lowest BCUT2D eigenvalue weighted by Gasteiger charge is -2.27. The van der Waals surface area contributed by atoms with E-state index in [1.54, 1.807) is 42.7 Å². The summed E-state index contributed by atoms with van der Waals surface area (Å²) in [7, 11) is 1.79. The van der Waals surface area contributed by atoms with E-state index in [2.05, 4.69) is 9.97 Å². The molecule has 3 rings (SSSR count). The van der Waals surface area contributed by atoms with Gasteiger partial charge in [-0.2, -0.15) is 0 Å². The molecule has 3 aromatic rings. The molecule has 0 aliphatic carbocycles. The highest BCUT2D eigenvalue weighted by atomic mass is 16.2. The molecule has 1 atom stereocenters. The molecule has 0 radical (unpaired) electrons. The van der Waals surface area contributed by atoms with Crippen LogP contribution in [0.5, 0.6) is 0 Å². The predicted molar refractivity (Wildman–Crippen MR) is 98.6 cm³/mol. The van der Waals surface area contributed by atoms with Crippen LogP contribution in [-0.2, 0) is 4.79 Å². The molecule has 0 saturated heterocycles. The molecule has 4 heteroatoms. The zero-order valence-electron chi connectivity index (χ0n) is 14.0. The molecule has 4 nitrogen and oxygen atoms in total. The number of pyridine rings is 2. The number of benzene rings is 1. The minimum absolute atomic E-state index is 0.0941. The lowest BCUT2D eigenvalue weighted by molar-refractivity contribution is -0.126. The van der Waals surface area contributed by atoms with Crippen molar-refractivity contribution < 1.29 is 4.79 Å². The van der Waals surface area contributed by atoms with Crippen molar-refractivity contribution in [3.63, 3.8) is 0 Å². The van der Waals surface area contributed by atoms with Gasteiger partial charge < -0.3 is 4.90 Å². The molecular formula is C21H19N3O. The minimum atomic E-state index is -0.242. The Morgan fingerprint density at radius 3 is 2.48 bits per heavy atom. The highest BCUT2D eigenvalue weighted by Gasteiger charge is 2.23. The first-order chi connectivity index (χ1) is 12.3. The molecule has 124 valence electrons. The maximum absolute atomic E-state index is 12.7. The van der Waals surface area contributed by atoms with Gasteiger partial charge in [0.15, 0.2) is 0 Å². The third kappa shape index (κ3) is 4.18. The first-order valence-electron chi connectivity index (χ1n) is 8.06. The second-order valence-electron chi connectivity index (χ2n) is 5.64. The molecule has 25 heavy (non-hydrogen) atoms. The van der Waals surface area contributed by atoms with Crippen LogP contribution in [0.25, 0.3) is 6.08 Å². The standard InChI is InChI=1S/C21H19N3O/c1-24(20(25)13-12-17-8-7-14-22-16-17)21(18-9-3-2-4-10-18)19-11-5-6-15-23-19/h2-16,21H,1H3/b13-12+. The number of hydrogen-bond donors (Lipinski definition) is 0. The van der Waals surface area contributed by atoms with Gasteiger partial charge in [-0.05, 0) is 35.4 Å². The third-order valence-corrected chi connectivity index (χ3v) is 3.92. The molecule has 0 aliphatic rings. The van der Waals surface area contributed by atoms with Crippen LogP contribution in [0.4, 0.5) is 0 Å². The Morgan fingerprint density at radius 2 is 1.80 bits per heavy atom. The van der Waals surface area contributed by atoms with Gasteiger partial charge in [-0.25, -0.2) is 0 Å². The van der Waals surface area contributed by atoms with Crippen molar-refractivity contribution in [2.24, 2.45) is 0 Å². The predicted octanol–water partition coefficient (Wildman–Crippen LogP) is 3.74. The molecule has 0 aliphatic heterocycles. The van der Waals surface area contributed by atoms with Crippen LogP contribution < -0.4 is 0 Å². The summed E-state index contributed by atoms with van der Waals surface area (Å²) < 4.78 is 0. The van der Waals surface area contributed by atoms with Gasteiger partial charge in [0.2, 0.25) is 5.91 Å². The van der Waals surface area contributed by atoms with E-state index in [1.165, 1.54) is 0 Å². The Labute approximate surface area is 147 Å². The normalized spacial score (nSPS) is 12.0. The zero-order chi connectivity index (χ0) is 17.5. The highest BCUT2D eigenvalue weighted by Crippen LogP contribution is 2.26. The summed E-state index contributed by atoms with van der Waals surface area (Å²) in [5.41, 5.74) is 2.74. The Kier molecular flexibility index (Phi) is 5.32. The summed E-state index contributed by atoms with van der Waals surface area (Å²) in [6, 6.07) is 19.2. The summed E-state index contributed by atoms with van der Waals surface area (Å²) in [6.07, 6.45) is 8.51. The molecule has 2 heterocycles. The van der Waals surface area contributed by atoms with E-state index in [4.69, 9.17) is 0 Å². The SMILES string of the molecule is CN(C(=O)/C=C/c1cccnc1)C(c1ccccc1)c1ccccn1. The molecule has 0 fully saturated rings. The van der Waals surface area contributed by atoms with Gasteiger partial charge in [0.05, 0.1) is 11.7 Å². The van der Waals surface area contributed by atoms with E-state index in [1.807, 2.05) is 60.7 Å². The van der Waals surface area contributed by atoms with Crippen LogP contribution in [0.15, 0.2) is 85.3 Å². The minimum Gasteiger partial charge on any atom is -0.329 e. The number of carbonyl (C=O) groups is 1. The number of aromatic nitrogens is 2. The molecule has 0 saturated carbocycles. The van der Waals surface area contributed by atoms with E-state index in [-0.39, 0.29) is 11.9 Å². The van der Waals surface area contributed by atoms with Crippen LogP contribution in [0.2, 0.25) is 0 Å². The van der Waals surface area contributed by atoms with Crippen LogP contribution in [0.1, 0.15) is 22.9 Å². The smallest absolute Gasteiger partial charge is 0.247 e. The molecule has 1 unspecified atom stereocenters. The van der Waals surface area contributed by atoms with E-state index < -0.39 is 0 Å². The van der Waals surface area contributed by atoms with Gasteiger partial charge in [-0.15, -0.1) is 0 Å². The topological polar surface area (TPSA) is 46.1 Å². The average Bonchev–Trinajstić information content (AvgIpc) is 2.69. The number of rotatable bonds is 5. The van der Waals surface area contributed by atoms with Gasteiger partial charge in [-0.3, -0.25) is 14.8 Å². The lowest BCUT2D eigenvalue weighted by atomic mass is 10.0. The maximum Gasteiger partial charge on any atom is 0.247 e. The van der Waals surface area contributed by atoms with Crippen molar-refractivity contribution in [3.8, 4) is 0 Å². The molecular weight excluding hydrogens is 310 g/mol. The van der Waals surface area contributed by atoms with Gasteiger partial charge in [0, 0.05) is 31.7 Å². The molecule has 0 spiro atoms. The summed E-state index contributed by atoms with van der Waals surface area (Å²) in [5, 5.41) is 0. The van der Waals surface area contributed by atoms with E-state index in [0.717, 1.165) is 16.8 Å². The van der Waals surface area contributed by atoms with Crippen LogP contribution >= 0.6 is 0 Å². The van der Waals surface area contributed by atoms with Crippen molar-refractivity contribution in [2.45, 2.75) is 6.04 Å². The lowest BCUT2D eigenvalue weighted by Crippen LogP contribution is -2.31. The van der Waals surface area contributed by atoms with Crippen LogP contribution in [0, 0.1) is 0 Å². The number of carbonyl (C=O) groups excluding carboxylic acids is 1. The summed E-state index contributed by atoms with van der Waals surface area (Å²) >= 11 is 0. The first-order valence-corrected chi connectivity index (χ1v) is 8.06. The average molecular weight is 329 g/mol.